The van der Waals surface area contributed by atoms with Gasteiger partial charge in [-0.2, -0.15) is 0 Å². The van der Waals surface area contributed by atoms with Crippen molar-refractivity contribution in [2.24, 2.45) is 0 Å². The van der Waals surface area contributed by atoms with Crippen LogP contribution < -0.4 is 0 Å². The van der Waals surface area contributed by atoms with Crippen molar-refractivity contribution in [1.82, 2.24) is 4.98 Å². The molecule has 0 aliphatic rings. The monoisotopic (exact) mass is 199 g/mol. The van der Waals surface area contributed by atoms with Crippen molar-refractivity contribution in [2.45, 2.75) is 13.8 Å². The van der Waals surface area contributed by atoms with Crippen LogP contribution in [0.3, 0.4) is 0 Å². The number of nitrogens with one attached hydrogen (secondary N) is 1. The minimum atomic E-state index is 0.615. The Labute approximate surface area is 89.0 Å². The molecule has 0 unspecified atom stereocenters. The number of aldehydes is 1. The Kier molecular flexibility index (Phi) is 2.42. The van der Waals surface area contributed by atoms with E-state index in [0.717, 1.165) is 17.4 Å². The molecule has 2 rings (SSSR count). The van der Waals surface area contributed by atoms with Crippen LogP contribution in [0.2, 0.25) is 0 Å². The fourth-order valence-electron chi connectivity index (χ4n) is 1.79. The molecule has 0 radical (unpaired) electrons. The van der Waals surface area contributed by atoms with E-state index in [1.807, 2.05) is 12.3 Å². The summed E-state index contributed by atoms with van der Waals surface area (Å²) in [5.41, 5.74) is 5.29. The quantitative estimate of drug-likeness (QED) is 0.740. The van der Waals surface area contributed by atoms with E-state index < -0.39 is 0 Å². The minimum Gasteiger partial charge on any atom is -0.358 e. The third kappa shape index (κ3) is 1.99. The third-order valence-electron chi connectivity index (χ3n) is 2.39. The zero-order chi connectivity index (χ0) is 10.8. The number of H-pyrrole nitrogens is 1. The van der Waals surface area contributed by atoms with Crippen LogP contribution in [-0.4, -0.2) is 11.3 Å². The van der Waals surface area contributed by atoms with Gasteiger partial charge >= 0.3 is 0 Å². The van der Waals surface area contributed by atoms with Crippen LogP contribution in [-0.2, 0) is 0 Å². The summed E-state index contributed by atoms with van der Waals surface area (Å²) in [4.78, 5) is 13.5. The lowest BCUT2D eigenvalue weighted by Crippen LogP contribution is -1.80. The SMILES string of the molecule is Cc1cc(C)cc(-c2c[nH]c(C=O)c2)c1. The highest BCUT2D eigenvalue weighted by atomic mass is 16.1. The van der Waals surface area contributed by atoms with Gasteiger partial charge in [-0.1, -0.05) is 29.3 Å². The number of aromatic amines is 1. The average Bonchev–Trinajstić information content (AvgIpc) is 2.64. The highest BCUT2D eigenvalue weighted by Crippen LogP contribution is 2.22. The Bertz CT molecular complexity index is 477. The van der Waals surface area contributed by atoms with Crippen LogP contribution in [0.15, 0.2) is 30.5 Å². The topological polar surface area (TPSA) is 32.9 Å². The first kappa shape index (κ1) is 9.71. The van der Waals surface area contributed by atoms with Crippen molar-refractivity contribution >= 4 is 6.29 Å². The summed E-state index contributed by atoms with van der Waals surface area (Å²) in [5.74, 6) is 0. The van der Waals surface area contributed by atoms with E-state index in [9.17, 15) is 4.79 Å². The molecule has 2 nitrogen and oxygen atoms in total. The van der Waals surface area contributed by atoms with E-state index >= 15 is 0 Å². The maximum atomic E-state index is 10.6. The first-order chi connectivity index (χ1) is 7.19. The van der Waals surface area contributed by atoms with Crippen LogP contribution in [0.5, 0.6) is 0 Å². The Morgan fingerprint density at radius 2 is 1.67 bits per heavy atom. The molecule has 1 heterocycles. The second-order valence-electron chi connectivity index (χ2n) is 3.84. The summed E-state index contributed by atoms with van der Waals surface area (Å²) in [6, 6.07) is 8.23. The van der Waals surface area contributed by atoms with Crippen molar-refractivity contribution in [1.29, 1.82) is 0 Å². The Morgan fingerprint density at radius 1 is 1.00 bits per heavy atom. The van der Waals surface area contributed by atoms with E-state index in [4.69, 9.17) is 0 Å². The van der Waals surface area contributed by atoms with Crippen LogP contribution in [0.25, 0.3) is 11.1 Å². The summed E-state index contributed by atoms with van der Waals surface area (Å²) < 4.78 is 0. The molecule has 76 valence electrons. The number of rotatable bonds is 2. The molecule has 0 atom stereocenters. The average molecular weight is 199 g/mol. The van der Waals surface area contributed by atoms with Crippen molar-refractivity contribution in [3.8, 4) is 11.1 Å². The number of aromatic nitrogens is 1. The number of hydrogen-bond donors (Lipinski definition) is 1. The van der Waals surface area contributed by atoms with Crippen molar-refractivity contribution in [3.05, 3.63) is 47.3 Å². The van der Waals surface area contributed by atoms with Gasteiger partial charge in [0, 0.05) is 6.20 Å². The molecule has 0 bridgehead atoms. The Morgan fingerprint density at radius 3 is 2.20 bits per heavy atom. The van der Waals surface area contributed by atoms with E-state index in [1.54, 1.807) is 0 Å². The van der Waals surface area contributed by atoms with Gasteiger partial charge in [-0.05, 0) is 31.0 Å². The largest absolute Gasteiger partial charge is 0.358 e. The maximum absolute atomic E-state index is 10.6. The first-order valence-corrected chi connectivity index (χ1v) is 4.91. The molecule has 0 aliphatic heterocycles. The predicted octanol–water partition coefficient (Wildman–Crippen LogP) is 3.11. The van der Waals surface area contributed by atoms with Gasteiger partial charge < -0.3 is 4.98 Å². The number of benzene rings is 1. The first-order valence-electron chi connectivity index (χ1n) is 4.91. The van der Waals surface area contributed by atoms with E-state index in [0.29, 0.717) is 5.69 Å². The molecule has 1 aromatic carbocycles. The predicted molar refractivity (Wildman–Crippen MR) is 61.1 cm³/mol. The van der Waals surface area contributed by atoms with Crippen molar-refractivity contribution < 1.29 is 4.79 Å². The molecule has 2 aromatic rings. The molecular formula is C13H13NO. The highest BCUT2D eigenvalue weighted by molar-refractivity contribution is 5.77. The number of hydrogen-bond acceptors (Lipinski definition) is 1. The molecule has 2 heteroatoms. The van der Waals surface area contributed by atoms with Crippen LogP contribution >= 0.6 is 0 Å². The van der Waals surface area contributed by atoms with Gasteiger partial charge in [0.05, 0.1) is 5.69 Å². The Hall–Kier alpha value is -1.83. The van der Waals surface area contributed by atoms with Gasteiger partial charge in [0.25, 0.3) is 0 Å². The molecule has 0 spiro atoms. The summed E-state index contributed by atoms with van der Waals surface area (Å²) >= 11 is 0. The van der Waals surface area contributed by atoms with Crippen molar-refractivity contribution in [3.63, 3.8) is 0 Å². The van der Waals surface area contributed by atoms with Crippen LogP contribution in [0.1, 0.15) is 21.6 Å². The van der Waals surface area contributed by atoms with Gasteiger partial charge in [-0.15, -0.1) is 0 Å². The second-order valence-corrected chi connectivity index (χ2v) is 3.84. The van der Waals surface area contributed by atoms with Crippen molar-refractivity contribution in [2.75, 3.05) is 0 Å². The molecule has 1 aromatic heterocycles. The molecular weight excluding hydrogens is 186 g/mol. The zero-order valence-corrected chi connectivity index (χ0v) is 8.87. The van der Waals surface area contributed by atoms with Gasteiger partial charge in [0.2, 0.25) is 0 Å². The molecule has 0 aliphatic carbocycles. The minimum absolute atomic E-state index is 0.615. The summed E-state index contributed by atoms with van der Waals surface area (Å²) in [5, 5.41) is 0. The van der Waals surface area contributed by atoms with E-state index in [1.165, 1.54) is 11.1 Å². The zero-order valence-electron chi connectivity index (χ0n) is 8.87. The van der Waals surface area contributed by atoms with E-state index in [-0.39, 0.29) is 0 Å². The van der Waals surface area contributed by atoms with Gasteiger partial charge in [0.1, 0.15) is 0 Å². The summed E-state index contributed by atoms with van der Waals surface area (Å²) in [6.45, 7) is 4.15. The molecule has 0 saturated heterocycles. The Balaban J connectivity index is 2.48. The third-order valence-corrected chi connectivity index (χ3v) is 2.39. The smallest absolute Gasteiger partial charge is 0.166 e. The lowest BCUT2D eigenvalue weighted by molar-refractivity contribution is 0.111. The van der Waals surface area contributed by atoms with E-state index in [2.05, 4.69) is 37.0 Å². The standard InChI is InChI=1S/C13H13NO/c1-9-3-10(2)5-11(4-9)12-6-13(8-15)14-7-12/h3-8,14H,1-2H3. The van der Waals surface area contributed by atoms with Gasteiger partial charge in [-0.3, -0.25) is 4.79 Å². The summed E-state index contributed by atoms with van der Waals surface area (Å²) in [6.07, 6.45) is 2.68. The van der Waals surface area contributed by atoms with Gasteiger partial charge in [0.15, 0.2) is 6.29 Å². The maximum Gasteiger partial charge on any atom is 0.166 e. The molecule has 15 heavy (non-hydrogen) atoms. The molecule has 1 N–H and O–H groups in total. The fourth-order valence-corrected chi connectivity index (χ4v) is 1.79. The van der Waals surface area contributed by atoms with Crippen LogP contribution in [0, 0.1) is 13.8 Å². The van der Waals surface area contributed by atoms with Crippen LogP contribution in [0.4, 0.5) is 0 Å². The normalized spacial score (nSPS) is 10.3. The molecule has 0 saturated carbocycles. The second kappa shape index (κ2) is 3.73. The number of carbonyl (C=O) groups is 1. The van der Waals surface area contributed by atoms with Gasteiger partial charge in [-0.25, -0.2) is 0 Å². The lowest BCUT2D eigenvalue weighted by Gasteiger charge is -2.02. The molecule has 0 amide bonds. The summed E-state index contributed by atoms with van der Waals surface area (Å²) in [7, 11) is 0. The number of aryl methyl sites for hydroxylation is 2. The highest BCUT2D eigenvalue weighted by Gasteiger charge is 2.02. The fraction of sp³-hybridized carbons (Fsp3) is 0.154. The number of carbonyl (C=O) groups excluding carboxylic acids is 1. The lowest BCUT2D eigenvalue weighted by atomic mass is 10.0. The molecule has 0 fully saturated rings.